The fourth-order valence-electron chi connectivity index (χ4n) is 3.80. The molecule has 3 N–H and O–H groups in total. The van der Waals surface area contributed by atoms with E-state index in [0.29, 0.717) is 5.76 Å². The minimum Gasteiger partial charge on any atom is -0.508 e. The molecule has 2 aliphatic heterocycles. The molecule has 0 bridgehead atoms. The van der Waals surface area contributed by atoms with Crippen molar-refractivity contribution in [1.82, 2.24) is 14.9 Å². The van der Waals surface area contributed by atoms with Gasteiger partial charge in [0.15, 0.2) is 10.1 Å². The summed E-state index contributed by atoms with van der Waals surface area (Å²) >= 11 is 1.02. The number of nitrogens with zero attached hydrogens (tertiary/aromatic N) is 2. The smallest absolute Gasteiger partial charge is 0.279 e. The van der Waals surface area contributed by atoms with Crippen molar-refractivity contribution < 1.29 is 26.4 Å². The first-order valence-electron chi connectivity index (χ1n) is 11.0. The van der Waals surface area contributed by atoms with Crippen LogP contribution in [-0.2, 0) is 20.0 Å². The highest BCUT2D eigenvalue weighted by Crippen LogP contribution is 2.39. The van der Waals surface area contributed by atoms with Crippen molar-refractivity contribution in [2.24, 2.45) is 10.3 Å². The van der Waals surface area contributed by atoms with Gasteiger partial charge in [0.25, 0.3) is 20.0 Å². The molecule has 13 heteroatoms. The van der Waals surface area contributed by atoms with E-state index in [-0.39, 0.29) is 45.3 Å². The van der Waals surface area contributed by atoms with Crippen LogP contribution in [0.1, 0.15) is 49.8 Å². The summed E-state index contributed by atoms with van der Waals surface area (Å²) in [5.41, 5.74) is 1.22. The molecule has 10 nitrogen and oxygen atoms in total. The monoisotopic (exact) mass is 530 g/mol. The average molecular weight is 531 g/mol. The maximum atomic E-state index is 12.9. The lowest BCUT2D eigenvalue weighted by Gasteiger charge is -2.24. The van der Waals surface area contributed by atoms with Gasteiger partial charge in [-0.15, -0.1) is 16.2 Å². The second-order valence-corrected chi connectivity index (χ2v) is 13.8. The number of rotatable bonds is 8. The Morgan fingerprint density at radius 2 is 1.97 bits per heavy atom. The van der Waals surface area contributed by atoms with Crippen molar-refractivity contribution in [3.8, 4) is 0 Å². The number of thioether (sulfide) groups is 1. The Morgan fingerprint density at radius 3 is 2.53 bits per heavy atom. The molecule has 1 aliphatic carbocycles. The van der Waals surface area contributed by atoms with Crippen LogP contribution in [0, 0.1) is 19.8 Å². The molecule has 1 saturated carbocycles. The summed E-state index contributed by atoms with van der Waals surface area (Å²) in [5, 5.41) is 17.9. The lowest BCUT2D eigenvalue weighted by molar-refractivity contribution is 0.355. The molecule has 2 atom stereocenters. The number of aliphatic hydroxyl groups is 1. The number of hydrogen-bond donors (Lipinski definition) is 3. The summed E-state index contributed by atoms with van der Waals surface area (Å²) in [5.74, 6) is 1.42. The summed E-state index contributed by atoms with van der Waals surface area (Å²) in [6.07, 6.45) is 1.60. The number of nitrogens with one attached hydrogen (secondary N) is 2. The van der Waals surface area contributed by atoms with Gasteiger partial charge in [0, 0.05) is 18.8 Å². The Bertz CT molecular complexity index is 1270. The quantitative estimate of drug-likeness (QED) is 0.462. The van der Waals surface area contributed by atoms with E-state index in [9.17, 15) is 21.9 Å². The zero-order valence-corrected chi connectivity index (χ0v) is 22.1. The maximum absolute atomic E-state index is 12.9. The predicted octanol–water partition coefficient (Wildman–Crippen LogP) is 2.62. The molecule has 1 fully saturated rings. The number of aliphatic hydroxyl groups excluding tert-OH is 1. The van der Waals surface area contributed by atoms with E-state index in [1.807, 2.05) is 33.8 Å². The van der Waals surface area contributed by atoms with E-state index in [0.717, 1.165) is 41.3 Å². The van der Waals surface area contributed by atoms with Crippen molar-refractivity contribution >= 4 is 37.6 Å². The molecule has 3 heterocycles. The Morgan fingerprint density at radius 1 is 1.29 bits per heavy atom. The number of aryl methyl sites for hydroxylation is 2. The first-order valence-corrected chi connectivity index (χ1v) is 14.9. The number of amidine groups is 1. The lowest BCUT2D eigenvalue weighted by atomic mass is 10.0. The van der Waals surface area contributed by atoms with Crippen molar-refractivity contribution in [2.75, 3.05) is 12.8 Å². The zero-order chi connectivity index (χ0) is 25.0. The molecule has 1 aromatic rings. The topological polar surface area (TPSA) is 141 Å². The molecular formula is C21H30N4O6S3. The van der Waals surface area contributed by atoms with Crippen LogP contribution < -0.4 is 10.6 Å². The Kier molecular flexibility index (Phi) is 6.60. The molecule has 4 rings (SSSR count). The van der Waals surface area contributed by atoms with Crippen molar-refractivity contribution in [3.05, 3.63) is 44.3 Å². The second-order valence-electron chi connectivity index (χ2n) is 9.17. The highest BCUT2D eigenvalue weighted by Gasteiger charge is 2.42. The first kappa shape index (κ1) is 25.1. The molecule has 3 aliphatic rings. The summed E-state index contributed by atoms with van der Waals surface area (Å²) in [6.45, 7) is 7.76. The third-order valence-corrected chi connectivity index (χ3v) is 10.8. The first-order chi connectivity index (χ1) is 15.8. The van der Waals surface area contributed by atoms with E-state index >= 15 is 0 Å². The third kappa shape index (κ3) is 4.88. The van der Waals surface area contributed by atoms with Crippen molar-refractivity contribution in [3.63, 3.8) is 0 Å². The molecule has 1 aromatic heterocycles. The van der Waals surface area contributed by atoms with E-state index in [1.54, 1.807) is 0 Å². The lowest BCUT2D eigenvalue weighted by Crippen LogP contribution is -2.41. The van der Waals surface area contributed by atoms with Crippen LogP contribution in [-0.4, -0.2) is 57.0 Å². The summed E-state index contributed by atoms with van der Waals surface area (Å²) < 4.78 is 61.2. The van der Waals surface area contributed by atoms with Gasteiger partial charge in [-0.25, -0.2) is 8.42 Å². The summed E-state index contributed by atoms with van der Waals surface area (Å²) in [4.78, 5) is 0. The van der Waals surface area contributed by atoms with Gasteiger partial charge in [-0.1, -0.05) is 13.8 Å². The SMILES string of the molecule is Cc1cc([C@H](NC2=CS(=O)(=O)N=C2NC2CSC(S(=O)(=O)N(C)C3CC3)=C2O)C(C)C)oc1C. The van der Waals surface area contributed by atoms with Crippen LogP contribution in [0.15, 0.2) is 36.0 Å². The number of furan rings is 1. The van der Waals surface area contributed by atoms with Gasteiger partial charge < -0.3 is 20.2 Å². The van der Waals surface area contributed by atoms with Crippen molar-refractivity contribution in [2.45, 2.75) is 58.7 Å². The molecule has 0 amide bonds. The average Bonchev–Trinajstić information content (AvgIpc) is 3.36. The highest BCUT2D eigenvalue weighted by atomic mass is 32.3. The predicted molar refractivity (Wildman–Crippen MR) is 132 cm³/mol. The van der Waals surface area contributed by atoms with E-state index in [2.05, 4.69) is 15.0 Å². The minimum atomic E-state index is -3.88. The minimum absolute atomic E-state index is 0.0250. The fraction of sp³-hybridized carbons (Fsp3) is 0.571. The standard InChI is InChI=1S/C21H30N4O6S3/c1-11(2)18(17-8-12(3)13(4)31-17)22-16-10-33(27,28)24-20(16)23-15-9-32-21(19(15)26)34(29,30)25(5)14-6-7-14/h8,10-11,14-15,18,22,26H,6-7,9H2,1-5H3,(H,23,24)/t15?,18-/m1/s1. The Hall–Kier alpha value is -1.96. The van der Waals surface area contributed by atoms with Gasteiger partial charge >= 0.3 is 0 Å². The molecule has 0 spiro atoms. The molecule has 0 saturated heterocycles. The van der Waals surface area contributed by atoms with E-state index in [1.165, 1.54) is 11.4 Å². The van der Waals surface area contributed by atoms with Gasteiger partial charge in [-0.05, 0) is 44.2 Å². The van der Waals surface area contributed by atoms with Crippen LogP contribution >= 0.6 is 11.8 Å². The molecule has 188 valence electrons. The van der Waals surface area contributed by atoms with Gasteiger partial charge in [0.1, 0.15) is 17.3 Å². The van der Waals surface area contributed by atoms with Gasteiger partial charge in [-0.3, -0.25) is 0 Å². The molecule has 34 heavy (non-hydrogen) atoms. The third-order valence-electron chi connectivity index (χ3n) is 6.12. The Labute approximate surface area is 204 Å². The van der Waals surface area contributed by atoms with Crippen LogP contribution in [0.4, 0.5) is 0 Å². The largest absolute Gasteiger partial charge is 0.508 e. The Balaban J connectivity index is 1.56. The van der Waals surface area contributed by atoms with Crippen LogP contribution in [0.25, 0.3) is 0 Å². The normalized spacial score (nSPS) is 23.4. The summed E-state index contributed by atoms with van der Waals surface area (Å²) in [6, 6.07) is 0.744. The van der Waals surface area contributed by atoms with Crippen molar-refractivity contribution in [1.29, 1.82) is 0 Å². The molecule has 0 radical (unpaired) electrons. The number of hydrogen-bond acceptors (Lipinski definition) is 9. The van der Waals surface area contributed by atoms with Crippen LogP contribution in [0.3, 0.4) is 0 Å². The van der Waals surface area contributed by atoms with Crippen LogP contribution in [0.2, 0.25) is 0 Å². The van der Waals surface area contributed by atoms with E-state index < -0.39 is 26.1 Å². The molecular weight excluding hydrogens is 500 g/mol. The summed E-state index contributed by atoms with van der Waals surface area (Å²) in [7, 11) is -6.18. The maximum Gasteiger partial charge on any atom is 0.279 e. The molecule has 0 aromatic carbocycles. The molecule has 1 unspecified atom stereocenters. The van der Waals surface area contributed by atoms with Gasteiger partial charge in [0.2, 0.25) is 0 Å². The second kappa shape index (κ2) is 8.92. The van der Waals surface area contributed by atoms with Crippen LogP contribution in [0.5, 0.6) is 0 Å². The fourth-order valence-corrected chi connectivity index (χ4v) is 8.01. The van der Waals surface area contributed by atoms with Gasteiger partial charge in [-0.2, -0.15) is 12.7 Å². The number of sulfonamides is 2. The van der Waals surface area contributed by atoms with Gasteiger partial charge in [0.05, 0.1) is 23.2 Å². The zero-order valence-electron chi connectivity index (χ0n) is 19.7. The highest BCUT2D eigenvalue weighted by molar-refractivity contribution is 8.18. The van der Waals surface area contributed by atoms with E-state index in [4.69, 9.17) is 4.42 Å².